The van der Waals surface area contributed by atoms with E-state index in [1.54, 1.807) is 42.1 Å². The summed E-state index contributed by atoms with van der Waals surface area (Å²) in [5, 5.41) is 11.9. The minimum atomic E-state index is -0.593. The summed E-state index contributed by atoms with van der Waals surface area (Å²) in [6.45, 7) is -0.458. The van der Waals surface area contributed by atoms with Gasteiger partial charge in [-0.25, -0.2) is 4.79 Å². The Morgan fingerprint density at radius 2 is 1.96 bits per heavy atom. The molecule has 2 aromatic rings. The molecule has 1 N–H and O–H groups in total. The van der Waals surface area contributed by atoms with Gasteiger partial charge in [0.25, 0.3) is 5.91 Å². The minimum absolute atomic E-state index is 0.270. The van der Waals surface area contributed by atoms with E-state index in [9.17, 15) is 9.59 Å². The first-order valence-electron chi connectivity index (χ1n) is 6.84. The maximum Gasteiger partial charge on any atom is 0.338 e. The van der Waals surface area contributed by atoms with E-state index in [0.717, 1.165) is 4.90 Å². The Morgan fingerprint density at radius 3 is 2.58 bits per heavy atom. The highest BCUT2D eigenvalue weighted by molar-refractivity contribution is 7.98. The molecule has 5 nitrogen and oxygen atoms in total. The molecular formula is C17H13ClN2O3S. The second kappa shape index (κ2) is 8.39. The molecule has 0 bridgehead atoms. The van der Waals surface area contributed by atoms with Gasteiger partial charge < -0.3 is 10.1 Å². The van der Waals surface area contributed by atoms with Crippen LogP contribution in [0.2, 0.25) is 5.02 Å². The molecule has 0 saturated carbocycles. The number of hydrogen-bond donors (Lipinski definition) is 1. The molecule has 24 heavy (non-hydrogen) atoms. The van der Waals surface area contributed by atoms with Crippen LogP contribution in [0, 0.1) is 11.3 Å². The fraction of sp³-hybridized carbons (Fsp3) is 0.118. The second-order valence-corrected chi connectivity index (χ2v) is 5.97. The average Bonchev–Trinajstić information content (AvgIpc) is 2.60. The van der Waals surface area contributed by atoms with Crippen molar-refractivity contribution in [2.24, 2.45) is 0 Å². The number of benzene rings is 2. The minimum Gasteiger partial charge on any atom is -0.452 e. The fourth-order valence-electron chi connectivity index (χ4n) is 1.85. The number of esters is 1. The van der Waals surface area contributed by atoms with Crippen molar-refractivity contribution in [2.75, 3.05) is 18.2 Å². The maximum absolute atomic E-state index is 11.9. The van der Waals surface area contributed by atoms with E-state index in [1.807, 2.05) is 12.3 Å². The van der Waals surface area contributed by atoms with Crippen molar-refractivity contribution < 1.29 is 14.3 Å². The predicted molar refractivity (Wildman–Crippen MR) is 93.3 cm³/mol. The van der Waals surface area contributed by atoms with Crippen LogP contribution in [0.5, 0.6) is 0 Å². The van der Waals surface area contributed by atoms with Crippen molar-refractivity contribution in [1.29, 1.82) is 5.26 Å². The quantitative estimate of drug-likeness (QED) is 0.649. The number of nitrogens with zero attached hydrogens (tertiary/aromatic N) is 1. The lowest BCUT2D eigenvalue weighted by Gasteiger charge is -2.08. The van der Waals surface area contributed by atoms with Crippen LogP contribution in [0.3, 0.4) is 0 Å². The molecule has 2 aromatic carbocycles. The molecule has 122 valence electrons. The number of amides is 1. The average molecular weight is 361 g/mol. The van der Waals surface area contributed by atoms with Crippen LogP contribution < -0.4 is 5.32 Å². The number of nitrogens with one attached hydrogen (secondary N) is 1. The van der Waals surface area contributed by atoms with Gasteiger partial charge in [-0.05, 0) is 48.7 Å². The lowest BCUT2D eigenvalue weighted by molar-refractivity contribution is -0.119. The molecule has 0 aromatic heterocycles. The van der Waals surface area contributed by atoms with E-state index >= 15 is 0 Å². The van der Waals surface area contributed by atoms with E-state index in [4.69, 9.17) is 21.6 Å². The SMILES string of the molecule is CSc1ccc(C(=O)OCC(=O)Nc2cc(Cl)ccc2C#N)cc1. The van der Waals surface area contributed by atoms with E-state index in [-0.39, 0.29) is 11.3 Å². The van der Waals surface area contributed by atoms with Crippen molar-refractivity contribution in [3.05, 3.63) is 58.6 Å². The Kier molecular flexibility index (Phi) is 6.24. The molecule has 0 fully saturated rings. The molecule has 0 saturated heterocycles. The molecule has 0 unspecified atom stereocenters. The summed E-state index contributed by atoms with van der Waals surface area (Å²) < 4.78 is 4.97. The zero-order valence-corrected chi connectivity index (χ0v) is 14.3. The van der Waals surface area contributed by atoms with Crippen LogP contribution in [-0.4, -0.2) is 24.7 Å². The Bertz CT molecular complexity index is 800. The summed E-state index contributed by atoms with van der Waals surface area (Å²) in [6.07, 6.45) is 1.93. The Labute approximate surface area is 148 Å². The summed E-state index contributed by atoms with van der Waals surface area (Å²) in [6, 6.07) is 13.3. The fourth-order valence-corrected chi connectivity index (χ4v) is 2.43. The summed E-state index contributed by atoms with van der Waals surface area (Å²) in [5.41, 5.74) is 0.906. The molecule has 0 heterocycles. The van der Waals surface area contributed by atoms with Crippen molar-refractivity contribution in [2.45, 2.75) is 4.90 Å². The molecule has 0 atom stereocenters. The summed E-state index contributed by atoms with van der Waals surface area (Å²) in [5.74, 6) is -1.15. The van der Waals surface area contributed by atoms with Crippen molar-refractivity contribution in [1.82, 2.24) is 0 Å². The number of thioether (sulfide) groups is 1. The van der Waals surface area contributed by atoms with Crippen LogP contribution in [-0.2, 0) is 9.53 Å². The third-order valence-corrected chi connectivity index (χ3v) is 4.01. The van der Waals surface area contributed by atoms with E-state index < -0.39 is 18.5 Å². The number of carbonyl (C=O) groups is 2. The number of anilines is 1. The van der Waals surface area contributed by atoms with Crippen LogP contribution in [0.15, 0.2) is 47.4 Å². The van der Waals surface area contributed by atoms with Gasteiger partial charge in [-0.2, -0.15) is 5.26 Å². The van der Waals surface area contributed by atoms with Gasteiger partial charge in [-0.15, -0.1) is 11.8 Å². The highest BCUT2D eigenvalue weighted by atomic mass is 35.5. The number of carbonyl (C=O) groups excluding carboxylic acids is 2. The van der Waals surface area contributed by atoms with Gasteiger partial charge in [0.15, 0.2) is 6.61 Å². The number of hydrogen-bond acceptors (Lipinski definition) is 5. The van der Waals surface area contributed by atoms with Crippen LogP contribution in [0.4, 0.5) is 5.69 Å². The standard InChI is InChI=1S/C17H13ClN2O3S/c1-24-14-6-3-11(4-7-14)17(22)23-10-16(21)20-15-8-13(18)5-2-12(15)9-19/h2-8H,10H2,1H3,(H,20,21). The molecule has 7 heteroatoms. The topological polar surface area (TPSA) is 79.2 Å². The number of ether oxygens (including phenoxy) is 1. The highest BCUT2D eigenvalue weighted by Crippen LogP contribution is 2.20. The van der Waals surface area contributed by atoms with Crippen molar-refractivity contribution >= 4 is 40.9 Å². The molecular weight excluding hydrogens is 348 g/mol. The maximum atomic E-state index is 11.9. The third kappa shape index (κ3) is 4.75. The van der Waals surface area contributed by atoms with Gasteiger partial charge in [0, 0.05) is 9.92 Å². The largest absolute Gasteiger partial charge is 0.452 e. The van der Waals surface area contributed by atoms with Gasteiger partial charge in [0.2, 0.25) is 0 Å². The third-order valence-electron chi connectivity index (χ3n) is 3.04. The van der Waals surface area contributed by atoms with E-state index in [1.165, 1.54) is 12.1 Å². The number of halogens is 1. The van der Waals surface area contributed by atoms with Crippen LogP contribution >= 0.6 is 23.4 Å². The van der Waals surface area contributed by atoms with E-state index in [2.05, 4.69) is 5.32 Å². The van der Waals surface area contributed by atoms with Gasteiger partial charge in [-0.1, -0.05) is 11.6 Å². The lowest BCUT2D eigenvalue weighted by Crippen LogP contribution is -2.21. The van der Waals surface area contributed by atoms with Crippen LogP contribution in [0.1, 0.15) is 15.9 Å². The smallest absolute Gasteiger partial charge is 0.338 e. The summed E-state index contributed by atoms with van der Waals surface area (Å²) >= 11 is 7.40. The summed E-state index contributed by atoms with van der Waals surface area (Å²) in [4.78, 5) is 24.8. The molecule has 1 amide bonds. The van der Waals surface area contributed by atoms with Gasteiger partial charge in [-0.3, -0.25) is 4.79 Å². The predicted octanol–water partition coefficient (Wildman–Crippen LogP) is 3.73. The Balaban J connectivity index is 1.94. The molecule has 2 rings (SSSR count). The van der Waals surface area contributed by atoms with Crippen molar-refractivity contribution in [3.63, 3.8) is 0 Å². The van der Waals surface area contributed by atoms with Crippen molar-refractivity contribution in [3.8, 4) is 6.07 Å². The molecule has 0 aliphatic carbocycles. The first-order valence-corrected chi connectivity index (χ1v) is 8.44. The normalized spacial score (nSPS) is 9.88. The Hall–Kier alpha value is -2.49. The Morgan fingerprint density at radius 1 is 1.25 bits per heavy atom. The second-order valence-electron chi connectivity index (χ2n) is 4.65. The van der Waals surface area contributed by atoms with Gasteiger partial charge >= 0.3 is 5.97 Å². The first-order chi connectivity index (χ1) is 11.5. The van der Waals surface area contributed by atoms with E-state index in [0.29, 0.717) is 10.6 Å². The first kappa shape index (κ1) is 17.9. The molecule has 0 radical (unpaired) electrons. The molecule has 0 aliphatic heterocycles. The monoisotopic (exact) mass is 360 g/mol. The van der Waals surface area contributed by atoms with Gasteiger partial charge in [0.05, 0.1) is 16.8 Å². The van der Waals surface area contributed by atoms with Gasteiger partial charge in [0.1, 0.15) is 6.07 Å². The summed E-state index contributed by atoms with van der Waals surface area (Å²) in [7, 11) is 0. The number of rotatable bonds is 5. The zero-order valence-electron chi connectivity index (χ0n) is 12.7. The molecule has 0 aliphatic rings. The lowest BCUT2D eigenvalue weighted by atomic mass is 10.2. The zero-order chi connectivity index (χ0) is 17.5. The highest BCUT2D eigenvalue weighted by Gasteiger charge is 2.12. The number of nitriles is 1. The molecule has 0 spiro atoms. The van der Waals surface area contributed by atoms with Crippen LogP contribution in [0.25, 0.3) is 0 Å².